The summed E-state index contributed by atoms with van der Waals surface area (Å²) in [6.45, 7) is 1.81. The van der Waals surface area contributed by atoms with Gasteiger partial charge in [0, 0.05) is 5.02 Å². The highest BCUT2D eigenvalue weighted by Crippen LogP contribution is 2.17. The zero-order valence-corrected chi connectivity index (χ0v) is 12.5. The van der Waals surface area contributed by atoms with Gasteiger partial charge in [-0.15, -0.1) is 0 Å². The van der Waals surface area contributed by atoms with Crippen LogP contribution in [-0.2, 0) is 0 Å². The molecule has 2 aromatic carbocycles. The van der Waals surface area contributed by atoms with Crippen LogP contribution in [-0.4, -0.2) is 18.7 Å². The molecule has 0 bridgehead atoms. The minimum absolute atomic E-state index is 0.319. The van der Waals surface area contributed by atoms with Crippen molar-refractivity contribution in [3.8, 4) is 5.75 Å². The first kappa shape index (κ1) is 15.1. The van der Waals surface area contributed by atoms with E-state index in [9.17, 15) is 4.79 Å². The van der Waals surface area contributed by atoms with Gasteiger partial charge >= 0.3 is 0 Å². The molecule has 0 aromatic heterocycles. The molecule has 0 fully saturated rings. The zero-order valence-electron chi connectivity index (χ0n) is 11.8. The largest absolute Gasteiger partial charge is 0.496 e. The first-order chi connectivity index (χ1) is 10.1. The van der Waals surface area contributed by atoms with Crippen molar-refractivity contribution >= 4 is 23.2 Å². The summed E-state index contributed by atoms with van der Waals surface area (Å²) in [5, 5.41) is 4.75. The van der Waals surface area contributed by atoms with Crippen molar-refractivity contribution in [1.29, 1.82) is 0 Å². The Balaban J connectivity index is 2.12. The summed E-state index contributed by atoms with van der Waals surface area (Å²) < 4.78 is 5.15. The van der Waals surface area contributed by atoms with Gasteiger partial charge in [0.05, 0.1) is 18.4 Å². The molecular weight excluding hydrogens is 288 g/mol. The van der Waals surface area contributed by atoms with Crippen molar-refractivity contribution in [3.63, 3.8) is 0 Å². The highest BCUT2D eigenvalue weighted by atomic mass is 35.5. The minimum atomic E-state index is -0.319. The third kappa shape index (κ3) is 3.83. The lowest BCUT2D eigenvalue weighted by Crippen LogP contribution is -2.20. The fraction of sp³-hybridized carbons (Fsp3) is 0.125. The van der Waals surface area contributed by atoms with Crippen molar-refractivity contribution in [2.45, 2.75) is 6.92 Å². The molecule has 1 amide bonds. The third-order valence-corrected chi connectivity index (χ3v) is 3.19. The number of nitrogens with zero attached hydrogens (tertiary/aromatic N) is 1. The van der Waals surface area contributed by atoms with Gasteiger partial charge in [0.2, 0.25) is 0 Å². The van der Waals surface area contributed by atoms with Crippen LogP contribution in [0.15, 0.2) is 53.6 Å². The van der Waals surface area contributed by atoms with E-state index in [1.807, 2.05) is 19.1 Å². The summed E-state index contributed by atoms with van der Waals surface area (Å²) in [7, 11) is 1.52. The maximum Gasteiger partial charge on any atom is 0.275 e. The van der Waals surface area contributed by atoms with E-state index in [4.69, 9.17) is 16.3 Å². The summed E-state index contributed by atoms with van der Waals surface area (Å²) in [6, 6.07) is 14.2. The zero-order chi connectivity index (χ0) is 15.2. The summed E-state index contributed by atoms with van der Waals surface area (Å²) in [5.74, 6) is 0.190. The number of hydrazone groups is 1. The molecule has 108 valence electrons. The molecule has 0 saturated carbocycles. The van der Waals surface area contributed by atoms with Gasteiger partial charge in [0.25, 0.3) is 5.91 Å². The average Bonchev–Trinajstić information content (AvgIpc) is 2.52. The molecule has 0 unspecified atom stereocenters. The van der Waals surface area contributed by atoms with Crippen LogP contribution >= 0.6 is 11.6 Å². The Morgan fingerprint density at radius 3 is 2.48 bits per heavy atom. The fourth-order valence-electron chi connectivity index (χ4n) is 1.78. The van der Waals surface area contributed by atoms with E-state index in [0.29, 0.717) is 22.0 Å². The molecule has 0 heterocycles. The maximum atomic E-state index is 12.1. The lowest BCUT2D eigenvalue weighted by molar-refractivity contribution is 0.0952. The monoisotopic (exact) mass is 302 g/mol. The average molecular weight is 303 g/mol. The minimum Gasteiger partial charge on any atom is -0.496 e. The van der Waals surface area contributed by atoms with Crippen molar-refractivity contribution in [3.05, 3.63) is 64.7 Å². The van der Waals surface area contributed by atoms with Gasteiger partial charge in [0.15, 0.2) is 0 Å². The number of para-hydroxylation sites is 1. The van der Waals surface area contributed by atoms with E-state index in [-0.39, 0.29) is 5.91 Å². The molecule has 0 spiro atoms. The first-order valence-electron chi connectivity index (χ1n) is 6.35. The molecular formula is C16H15ClN2O2. The molecule has 0 aliphatic heterocycles. The molecule has 1 N–H and O–H groups in total. The standard InChI is InChI=1S/C16H15ClN2O2/c1-11(12-7-9-13(17)10-8-12)18-19-16(20)14-5-3-4-6-15(14)21-2/h3-10H,1-2H3,(H,19,20)/b18-11-. The second-order valence-corrected chi connectivity index (χ2v) is 4.78. The summed E-state index contributed by atoms with van der Waals surface area (Å²) in [6.07, 6.45) is 0. The van der Waals surface area contributed by atoms with Crippen LogP contribution in [0.25, 0.3) is 0 Å². The number of nitrogens with one attached hydrogen (secondary N) is 1. The fourth-order valence-corrected chi connectivity index (χ4v) is 1.91. The lowest BCUT2D eigenvalue weighted by atomic mass is 10.1. The Labute approximate surface area is 128 Å². The number of hydrogen-bond acceptors (Lipinski definition) is 3. The molecule has 4 nitrogen and oxygen atoms in total. The lowest BCUT2D eigenvalue weighted by Gasteiger charge is -2.07. The molecule has 0 aliphatic rings. The number of rotatable bonds is 4. The number of methoxy groups -OCH3 is 1. The number of amides is 1. The van der Waals surface area contributed by atoms with Crippen LogP contribution in [0.3, 0.4) is 0 Å². The van der Waals surface area contributed by atoms with E-state index in [1.54, 1.807) is 36.4 Å². The summed E-state index contributed by atoms with van der Waals surface area (Å²) in [4.78, 5) is 12.1. The SMILES string of the molecule is COc1ccccc1C(=O)N/N=C(/C)c1ccc(Cl)cc1. The highest BCUT2D eigenvalue weighted by Gasteiger charge is 2.10. The molecule has 2 aromatic rings. The normalized spacial score (nSPS) is 11.1. The van der Waals surface area contributed by atoms with Crippen LogP contribution in [0.1, 0.15) is 22.8 Å². The second kappa shape index (κ2) is 6.90. The van der Waals surface area contributed by atoms with E-state index in [2.05, 4.69) is 10.5 Å². The molecule has 0 radical (unpaired) electrons. The Kier molecular flexibility index (Phi) is 4.95. The van der Waals surface area contributed by atoms with Gasteiger partial charge in [-0.05, 0) is 36.8 Å². The number of benzene rings is 2. The van der Waals surface area contributed by atoms with Crippen molar-refractivity contribution in [1.82, 2.24) is 5.43 Å². The van der Waals surface area contributed by atoms with E-state index in [1.165, 1.54) is 7.11 Å². The predicted molar refractivity (Wildman–Crippen MR) is 84.1 cm³/mol. The molecule has 0 atom stereocenters. The number of hydrogen-bond donors (Lipinski definition) is 1. The van der Waals surface area contributed by atoms with Gasteiger partial charge in [-0.3, -0.25) is 4.79 Å². The quantitative estimate of drug-likeness (QED) is 0.694. The van der Waals surface area contributed by atoms with Crippen LogP contribution in [0.4, 0.5) is 0 Å². The van der Waals surface area contributed by atoms with Crippen LogP contribution < -0.4 is 10.2 Å². The van der Waals surface area contributed by atoms with E-state index in [0.717, 1.165) is 5.56 Å². The van der Waals surface area contributed by atoms with Crippen molar-refractivity contribution in [2.75, 3.05) is 7.11 Å². The highest BCUT2D eigenvalue weighted by molar-refractivity contribution is 6.30. The van der Waals surface area contributed by atoms with E-state index < -0.39 is 0 Å². The number of carbonyl (C=O) groups is 1. The summed E-state index contributed by atoms with van der Waals surface area (Å²) >= 11 is 5.83. The van der Waals surface area contributed by atoms with Gasteiger partial charge in [-0.25, -0.2) is 5.43 Å². The topological polar surface area (TPSA) is 50.7 Å². The van der Waals surface area contributed by atoms with Crippen LogP contribution in [0, 0.1) is 0 Å². The van der Waals surface area contributed by atoms with Gasteiger partial charge < -0.3 is 4.74 Å². The van der Waals surface area contributed by atoms with Crippen LogP contribution in [0.5, 0.6) is 5.75 Å². The Morgan fingerprint density at radius 1 is 1.14 bits per heavy atom. The Bertz CT molecular complexity index is 666. The number of carbonyl (C=O) groups excluding carboxylic acids is 1. The third-order valence-electron chi connectivity index (χ3n) is 2.94. The maximum absolute atomic E-state index is 12.1. The molecule has 21 heavy (non-hydrogen) atoms. The van der Waals surface area contributed by atoms with Crippen molar-refractivity contribution < 1.29 is 9.53 Å². The first-order valence-corrected chi connectivity index (χ1v) is 6.73. The number of halogens is 1. The van der Waals surface area contributed by atoms with Gasteiger partial charge in [0.1, 0.15) is 5.75 Å². The second-order valence-electron chi connectivity index (χ2n) is 4.35. The molecule has 2 rings (SSSR count). The molecule has 0 saturated heterocycles. The molecule has 0 aliphatic carbocycles. The Morgan fingerprint density at radius 2 is 1.81 bits per heavy atom. The predicted octanol–water partition coefficient (Wildman–Crippen LogP) is 3.50. The van der Waals surface area contributed by atoms with Gasteiger partial charge in [-0.2, -0.15) is 5.10 Å². The Hall–Kier alpha value is -2.33. The summed E-state index contributed by atoms with van der Waals surface area (Å²) in [5.41, 5.74) is 4.54. The number of ether oxygens (including phenoxy) is 1. The van der Waals surface area contributed by atoms with Crippen LogP contribution in [0.2, 0.25) is 5.02 Å². The van der Waals surface area contributed by atoms with Gasteiger partial charge in [-0.1, -0.05) is 35.9 Å². The smallest absolute Gasteiger partial charge is 0.275 e. The molecule has 5 heteroatoms. The van der Waals surface area contributed by atoms with Crippen molar-refractivity contribution in [2.24, 2.45) is 5.10 Å². The van der Waals surface area contributed by atoms with E-state index >= 15 is 0 Å².